The van der Waals surface area contributed by atoms with Gasteiger partial charge in [-0.3, -0.25) is 9.59 Å². The van der Waals surface area contributed by atoms with Gasteiger partial charge in [0.25, 0.3) is 0 Å². The van der Waals surface area contributed by atoms with E-state index in [1.165, 1.54) is 0 Å². The van der Waals surface area contributed by atoms with E-state index in [0.29, 0.717) is 18.4 Å². The van der Waals surface area contributed by atoms with Gasteiger partial charge >= 0.3 is 12.1 Å². The average molecular weight is 652 g/mol. The molecular weight excluding hydrogens is 594 g/mol. The molecule has 0 bridgehead atoms. The number of carbonyl (C=O) groups is 4. The van der Waals surface area contributed by atoms with Gasteiger partial charge in [0.05, 0.1) is 0 Å². The van der Waals surface area contributed by atoms with Crippen LogP contribution in [0.1, 0.15) is 111 Å². The van der Waals surface area contributed by atoms with Crippen molar-refractivity contribution in [1.29, 1.82) is 0 Å². The molecule has 2 N–H and O–H groups in total. The number of unbranched alkanes of at least 4 members (excludes halogenated alkanes) is 2. The number of aryl methyl sites for hydroxylation is 1. The zero-order chi connectivity index (χ0) is 35.4. The third-order valence-electron chi connectivity index (χ3n) is 7.23. The lowest BCUT2D eigenvalue weighted by Gasteiger charge is -2.36. The summed E-state index contributed by atoms with van der Waals surface area (Å²) in [5, 5.41) is 5.75. The minimum atomic E-state index is -1.07. The lowest BCUT2D eigenvalue weighted by Crippen LogP contribution is -2.55. The molecule has 0 heterocycles. The van der Waals surface area contributed by atoms with Crippen molar-refractivity contribution in [2.24, 2.45) is 5.92 Å². The van der Waals surface area contributed by atoms with E-state index in [1.54, 1.807) is 46.4 Å². The molecular formula is C38H57N3O6. The van der Waals surface area contributed by atoms with Crippen LogP contribution in [0.2, 0.25) is 0 Å². The second-order valence-corrected chi connectivity index (χ2v) is 14.7. The number of rotatable bonds is 15. The molecule has 2 rings (SSSR count). The van der Waals surface area contributed by atoms with Gasteiger partial charge in [-0.1, -0.05) is 93.8 Å². The molecule has 0 aliphatic rings. The molecule has 0 saturated carbocycles. The number of alkyl carbamates (subject to hydrolysis) is 1. The van der Waals surface area contributed by atoms with E-state index in [-0.39, 0.29) is 18.9 Å². The van der Waals surface area contributed by atoms with Crippen molar-refractivity contribution >= 4 is 23.9 Å². The Bertz CT molecular complexity index is 1300. The summed E-state index contributed by atoms with van der Waals surface area (Å²) in [6, 6.07) is 13.9. The fourth-order valence-corrected chi connectivity index (χ4v) is 5.13. The maximum absolute atomic E-state index is 14.5. The van der Waals surface area contributed by atoms with E-state index >= 15 is 0 Å². The van der Waals surface area contributed by atoms with Crippen molar-refractivity contribution in [3.8, 4) is 0 Å². The predicted molar refractivity (Wildman–Crippen MR) is 186 cm³/mol. The molecule has 9 nitrogen and oxygen atoms in total. The summed E-state index contributed by atoms with van der Waals surface area (Å²) in [5.41, 5.74) is 0.922. The van der Waals surface area contributed by atoms with Crippen molar-refractivity contribution < 1.29 is 28.7 Å². The Morgan fingerprint density at radius 3 is 1.91 bits per heavy atom. The Morgan fingerprint density at radius 1 is 0.787 bits per heavy atom. The Hall–Kier alpha value is -3.88. The second-order valence-electron chi connectivity index (χ2n) is 14.7. The zero-order valence-corrected chi connectivity index (χ0v) is 30.1. The van der Waals surface area contributed by atoms with Crippen LogP contribution in [0.5, 0.6) is 0 Å². The minimum absolute atomic E-state index is 0.0606. The van der Waals surface area contributed by atoms with E-state index in [4.69, 9.17) is 9.47 Å². The van der Waals surface area contributed by atoms with Gasteiger partial charge in [-0.05, 0) is 78.4 Å². The quantitative estimate of drug-likeness (QED) is 0.157. The third kappa shape index (κ3) is 14.2. The highest BCUT2D eigenvalue weighted by Crippen LogP contribution is 2.26. The summed E-state index contributed by atoms with van der Waals surface area (Å²) in [7, 11) is 0. The largest absolute Gasteiger partial charge is 0.458 e. The summed E-state index contributed by atoms with van der Waals surface area (Å²) in [6.07, 6.45) is 2.26. The number of hydrogen-bond donors (Lipinski definition) is 2. The molecule has 3 amide bonds. The standard InChI is InChI=1S/C38H57N3O6/c1-11-12-16-23-41(34(43)30(24-26(2)3)40-36(45)47-38(8,9)10)32(29-21-19-27(4)20-22-29)33(42)39-31(35(44)46-37(5,6)7)25-28-17-14-13-15-18-28/h13-15,17-22,26,30-32H,11-12,16,23-25H2,1-10H3,(H,39,42)(H,40,45). The number of ether oxygens (including phenoxy) is 2. The first-order chi connectivity index (χ1) is 21.9. The summed E-state index contributed by atoms with van der Waals surface area (Å²) in [6.45, 7) is 18.9. The highest BCUT2D eigenvalue weighted by molar-refractivity contribution is 5.94. The van der Waals surface area contributed by atoms with Gasteiger partial charge in [0, 0.05) is 13.0 Å². The van der Waals surface area contributed by atoms with Crippen molar-refractivity contribution in [3.63, 3.8) is 0 Å². The number of nitrogens with one attached hydrogen (secondary N) is 2. The van der Waals surface area contributed by atoms with E-state index < -0.39 is 53.2 Å². The predicted octanol–water partition coefficient (Wildman–Crippen LogP) is 7.06. The van der Waals surface area contributed by atoms with Crippen molar-refractivity contribution in [3.05, 3.63) is 71.3 Å². The number of nitrogens with zero attached hydrogens (tertiary/aromatic N) is 1. The van der Waals surface area contributed by atoms with Gasteiger partial charge in [-0.2, -0.15) is 0 Å². The van der Waals surface area contributed by atoms with Crippen LogP contribution >= 0.6 is 0 Å². The molecule has 47 heavy (non-hydrogen) atoms. The van der Waals surface area contributed by atoms with Crippen LogP contribution < -0.4 is 10.6 Å². The zero-order valence-electron chi connectivity index (χ0n) is 30.1. The first-order valence-corrected chi connectivity index (χ1v) is 16.8. The molecule has 3 atom stereocenters. The molecule has 0 aliphatic heterocycles. The lowest BCUT2D eigenvalue weighted by atomic mass is 9.97. The van der Waals surface area contributed by atoms with Crippen molar-refractivity contribution in [2.45, 2.75) is 131 Å². The van der Waals surface area contributed by atoms with Gasteiger partial charge in [0.1, 0.15) is 29.3 Å². The third-order valence-corrected chi connectivity index (χ3v) is 7.23. The van der Waals surface area contributed by atoms with Crippen LogP contribution in [0.25, 0.3) is 0 Å². The first kappa shape index (κ1) is 39.3. The normalized spacial score (nSPS) is 13.7. The van der Waals surface area contributed by atoms with E-state index in [2.05, 4.69) is 17.6 Å². The summed E-state index contributed by atoms with van der Waals surface area (Å²) in [5.74, 6) is -1.40. The SMILES string of the molecule is CCCCCN(C(=O)C(CC(C)C)NC(=O)OC(C)(C)C)C(C(=O)NC(Cc1ccccc1)C(=O)OC(C)(C)C)c1ccc(C)cc1. The molecule has 3 unspecified atom stereocenters. The smallest absolute Gasteiger partial charge is 0.408 e. The number of esters is 1. The van der Waals surface area contributed by atoms with Gasteiger partial charge < -0.3 is 25.0 Å². The van der Waals surface area contributed by atoms with Gasteiger partial charge in [-0.25, -0.2) is 9.59 Å². The summed E-state index contributed by atoms with van der Waals surface area (Å²) < 4.78 is 11.2. The minimum Gasteiger partial charge on any atom is -0.458 e. The van der Waals surface area contributed by atoms with Gasteiger partial charge in [-0.15, -0.1) is 0 Å². The van der Waals surface area contributed by atoms with Crippen LogP contribution in [0.3, 0.4) is 0 Å². The number of benzene rings is 2. The molecule has 0 fully saturated rings. The molecule has 2 aromatic rings. The second kappa shape index (κ2) is 17.9. The van der Waals surface area contributed by atoms with Crippen LogP contribution in [0, 0.1) is 12.8 Å². The Morgan fingerprint density at radius 2 is 1.38 bits per heavy atom. The van der Waals surface area contributed by atoms with Crippen LogP contribution in [0.4, 0.5) is 4.79 Å². The van der Waals surface area contributed by atoms with Gasteiger partial charge in [0.15, 0.2) is 0 Å². The van der Waals surface area contributed by atoms with E-state index in [9.17, 15) is 19.2 Å². The maximum Gasteiger partial charge on any atom is 0.408 e. The van der Waals surface area contributed by atoms with Crippen molar-refractivity contribution in [2.75, 3.05) is 6.54 Å². The molecule has 260 valence electrons. The summed E-state index contributed by atoms with van der Waals surface area (Å²) in [4.78, 5) is 57.0. The highest BCUT2D eigenvalue weighted by Gasteiger charge is 2.38. The number of amides is 3. The lowest BCUT2D eigenvalue weighted by molar-refractivity contribution is -0.159. The van der Waals surface area contributed by atoms with Crippen LogP contribution in [-0.2, 0) is 30.3 Å². The molecule has 9 heteroatoms. The van der Waals surface area contributed by atoms with E-state index in [0.717, 1.165) is 24.0 Å². The first-order valence-electron chi connectivity index (χ1n) is 16.8. The maximum atomic E-state index is 14.5. The molecule has 2 aromatic carbocycles. The Balaban J connectivity index is 2.61. The highest BCUT2D eigenvalue weighted by atomic mass is 16.6. The Labute approximate surface area is 282 Å². The molecule has 0 saturated heterocycles. The topological polar surface area (TPSA) is 114 Å². The molecule has 0 aliphatic carbocycles. The number of carbonyl (C=O) groups excluding carboxylic acids is 4. The average Bonchev–Trinajstić information content (AvgIpc) is 2.95. The fraction of sp³-hybridized carbons (Fsp3) is 0.579. The van der Waals surface area contributed by atoms with Gasteiger partial charge in [0.2, 0.25) is 11.8 Å². The number of hydrogen-bond acceptors (Lipinski definition) is 6. The van der Waals surface area contributed by atoms with Crippen LogP contribution in [0.15, 0.2) is 54.6 Å². The Kier molecular flexibility index (Phi) is 14.9. The molecule has 0 radical (unpaired) electrons. The summed E-state index contributed by atoms with van der Waals surface area (Å²) >= 11 is 0. The van der Waals surface area contributed by atoms with Crippen LogP contribution in [-0.4, -0.2) is 58.6 Å². The monoisotopic (exact) mass is 651 g/mol. The van der Waals surface area contributed by atoms with E-state index in [1.807, 2.05) is 75.4 Å². The van der Waals surface area contributed by atoms with Crippen molar-refractivity contribution in [1.82, 2.24) is 15.5 Å². The fourth-order valence-electron chi connectivity index (χ4n) is 5.13. The molecule has 0 aromatic heterocycles. The molecule has 0 spiro atoms.